The predicted octanol–water partition coefficient (Wildman–Crippen LogP) is 4.51. The van der Waals surface area contributed by atoms with Crippen molar-refractivity contribution in [2.24, 2.45) is 17.4 Å². The number of hydrogen-bond donors (Lipinski definition) is 3. The first-order valence-corrected chi connectivity index (χ1v) is 12.5. The Labute approximate surface area is 222 Å². The van der Waals surface area contributed by atoms with E-state index in [4.69, 9.17) is 16.2 Å². The van der Waals surface area contributed by atoms with Gasteiger partial charge in [0.05, 0.1) is 11.4 Å². The minimum Gasteiger partial charge on any atom is -0.451 e. The van der Waals surface area contributed by atoms with E-state index in [0.717, 1.165) is 16.8 Å². The number of anilines is 1. The Hall–Kier alpha value is -4.27. The second-order valence-corrected chi connectivity index (χ2v) is 9.53. The lowest BCUT2D eigenvalue weighted by molar-refractivity contribution is -0.150. The van der Waals surface area contributed by atoms with E-state index in [1.165, 1.54) is 0 Å². The summed E-state index contributed by atoms with van der Waals surface area (Å²) in [6.45, 7) is 5.97. The number of carbonyl (C=O) groups is 2. The van der Waals surface area contributed by atoms with Gasteiger partial charge in [0.25, 0.3) is 5.91 Å². The van der Waals surface area contributed by atoms with Crippen LogP contribution in [0.4, 0.5) is 5.69 Å². The highest BCUT2D eigenvalue weighted by molar-refractivity contribution is 6.03. The van der Waals surface area contributed by atoms with Crippen molar-refractivity contribution in [3.8, 4) is 5.69 Å². The Morgan fingerprint density at radius 3 is 2.37 bits per heavy atom. The molecular formula is C30H33N5O3. The number of nitrogens with zero attached hydrogens (tertiary/aromatic N) is 2. The lowest BCUT2D eigenvalue weighted by Crippen LogP contribution is -2.37. The minimum absolute atomic E-state index is 0.0663. The van der Waals surface area contributed by atoms with E-state index >= 15 is 0 Å². The fourth-order valence-electron chi connectivity index (χ4n) is 4.07. The van der Waals surface area contributed by atoms with Gasteiger partial charge in [-0.1, -0.05) is 68.4 Å². The molecule has 1 unspecified atom stereocenters. The Balaban J connectivity index is 1.62. The van der Waals surface area contributed by atoms with Crippen LogP contribution in [-0.4, -0.2) is 27.7 Å². The van der Waals surface area contributed by atoms with Crippen molar-refractivity contribution in [1.82, 2.24) is 9.78 Å². The SMILES string of the molecule is Cc1cc(C(=O)Nc2cccc(C(OC(=O)[C@@H](N)C(C)C)c3ccccc3)c2)n(-c2cccc(CN)c2)n1. The maximum absolute atomic E-state index is 13.4. The first-order valence-electron chi connectivity index (χ1n) is 12.5. The van der Waals surface area contributed by atoms with Crippen LogP contribution in [0.2, 0.25) is 0 Å². The molecule has 8 nitrogen and oxygen atoms in total. The molecule has 1 aromatic heterocycles. The van der Waals surface area contributed by atoms with Crippen molar-refractivity contribution in [2.45, 2.75) is 39.5 Å². The maximum Gasteiger partial charge on any atom is 0.324 e. The Morgan fingerprint density at radius 2 is 1.66 bits per heavy atom. The molecule has 5 N–H and O–H groups in total. The minimum atomic E-state index is -0.745. The smallest absolute Gasteiger partial charge is 0.324 e. The molecule has 1 heterocycles. The molecule has 0 fully saturated rings. The summed E-state index contributed by atoms with van der Waals surface area (Å²) in [6.07, 6.45) is -0.683. The fourth-order valence-corrected chi connectivity index (χ4v) is 4.07. The summed E-state index contributed by atoms with van der Waals surface area (Å²) < 4.78 is 7.50. The average Bonchev–Trinajstić information content (AvgIpc) is 3.33. The number of nitrogens with two attached hydrogens (primary N) is 2. The summed E-state index contributed by atoms with van der Waals surface area (Å²) in [7, 11) is 0. The van der Waals surface area contributed by atoms with Gasteiger partial charge in [-0.25, -0.2) is 4.68 Å². The van der Waals surface area contributed by atoms with Crippen LogP contribution >= 0.6 is 0 Å². The highest BCUT2D eigenvalue weighted by Crippen LogP contribution is 2.29. The number of esters is 1. The lowest BCUT2D eigenvalue weighted by atomic mass is 10.00. The van der Waals surface area contributed by atoms with Gasteiger partial charge in [-0.2, -0.15) is 5.10 Å². The molecule has 0 aliphatic carbocycles. The van der Waals surface area contributed by atoms with Gasteiger partial charge in [-0.05, 0) is 59.9 Å². The molecule has 1 amide bonds. The number of nitrogens with one attached hydrogen (secondary N) is 1. The van der Waals surface area contributed by atoms with Gasteiger partial charge in [-0.3, -0.25) is 9.59 Å². The summed E-state index contributed by atoms with van der Waals surface area (Å²) in [5.41, 5.74) is 16.7. The van der Waals surface area contributed by atoms with E-state index in [1.807, 2.05) is 87.5 Å². The molecule has 3 aromatic carbocycles. The Morgan fingerprint density at radius 1 is 0.947 bits per heavy atom. The highest BCUT2D eigenvalue weighted by Gasteiger charge is 2.25. The summed E-state index contributed by atoms with van der Waals surface area (Å²) in [5, 5.41) is 7.48. The van der Waals surface area contributed by atoms with E-state index in [-0.39, 0.29) is 11.8 Å². The highest BCUT2D eigenvalue weighted by atomic mass is 16.5. The number of hydrogen-bond acceptors (Lipinski definition) is 6. The monoisotopic (exact) mass is 511 g/mol. The van der Waals surface area contributed by atoms with Crippen molar-refractivity contribution in [3.05, 3.63) is 113 Å². The zero-order chi connectivity index (χ0) is 27.2. The lowest BCUT2D eigenvalue weighted by Gasteiger charge is -2.23. The average molecular weight is 512 g/mol. The number of aromatic nitrogens is 2. The Kier molecular flexibility index (Phi) is 8.35. The third-order valence-corrected chi connectivity index (χ3v) is 6.23. The molecule has 4 aromatic rings. The topological polar surface area (TPSA) is 125 Å². The predicted molar refractivity (Wildman–Crippen MR) is 148 cm³/mol. The largest absolute Gasteiger partial charge is 0.451 e. The van der Waals surface area contributed by atoms with Crippen LogP contribution in [-0.2, 0) is 16.1 Å². The number of aryl methyl sites for hydroxylation is 1. The maximum atomic E-state index is 13.4. The van der Waals surface area contributed by atoms with E-state index in [9.17, 15) is 9.59 Å². The van der Waals surface area contributed by atoms with Crippen LogP contribution in [0.1, 0.15) is 52.8 Å². The van der Waals surface area contributed by atoms with E-state index in [0.29, 0.717) is 29.2 Å². The van der Waals surface area contributed by atoms with Gasteiger partial charge >= 0.3 is 5.97 Å². The molecule has 38 heavy (non-hydrogen) atoms. The molecule has 196 valence electrons. The standard InChI is InChI=1S/C30H33N5O3/c1-19(2)27(32)30(37)38-28(22-10-5-4-6-11-22)23-12-8-13-24(17-23)33-29(36)26-15-20(3)34-35(26)25-14-7-9-21(16-25)18-31/h4-17,19,27-28H,18,31-32H2,1-3H3,(H,33,36)/t27-,28?/m0/s1. The van der Waals surface area contributed by atoms with Crippen molar-refractivity contribution in [1.29, 1.82) is 0 Å². The normalized spacial score (nSPS) is 12.7. The van der Waals surface area contributed by atoms with E-state index < -0.39 is 18.1 Å². The molecule has 4 rings (SSSR count). The molecule has 8 heteroatoms. The third kappa shape index (κ3) is 6.16. The third-order valence-electron chi connectivity index (χ3n) is 6.23. The molecule has 0 saturated heterocycles. The van der Waals surface area contributed by atoms with Crippen molar-refractivity contribution in [3.63, 3.8) is 0 Å². The van der Waals surface area contributed by atoms with Gasteiger partial charge in [0.1, 0.15) is 11.7 Å². The van der Waals surface area contributed by atoms with Crippen molar-refractivity contribution in [2.75, 3.05) is 5.32 Å². The molecule has 0 aliphatic heterocycles. The van der Waals surface area contributed by atoms with Gasteiger partial charge in [0.15, 0.2) is 6.10 Å². The van der Waals surface area contributed by atoms with Gasteiger partial charge < -0.3 is 21.5 Å². The Bertz CT molecular complexity index is 1410. The van der Waals surface area contributed by atoms with E-state index in [2.05, 4.69) is 10.4 Å². The quantitative estimate of drug-likeness (QED) is 0.284. The van der Waals surface area contributed by atoms with E-state index in [1.54, 1.807) is 22.9 Å². The summed E-state index contributed by atoms with van der Waals surface area (Å²) in [4.78, 5) is 26.1. The molecule has 0 radical (unpaired) electrons. The van der Waals surface area contributed by atoms with Gasteiger partial charge in [0, 0.05) is 12.2 Å². The van der Waals surface area contributed by atoms with Crippen LogP contribution in [0.3, 0.4) is 0 Å². The molecule has 0 spiro atoms. The van der Waals surface area contributed by atoms with Crippen LogP contribution in [0.25, 0.3) is 5.69 Å². The fraction of sp³-hybridized carbons (Fsp3) is 0.233. The number of carbonyl (C=O) groups excluding carboxylic acids is 2. The van der Waals surface area contributed by atoms with Crippen LogP contribution in [0.15, 0.2) is 84.9 Å². The van der Waals surface area contributed by atoms with Crippen LogP contribution in [0, 0.1) is 12.8 Å². The second-order valence-electron chi connectivity index (χ2n) is 9.53. The van der Waals surface area contributed by atoms with Gasteiger partial charge in [0.2, 0.25) is 0 Å². The molecular weight excluding hydrogens is 478 g/mol. The number of rotatable bonds is 9. The first kappa shape index (κ1) is 26.8. The van der Waals surface area contributed by atoms with Crippen molar-refractivity contribution < 1.29 is 14.3 Å². The summed E-state index contributed by atoms with van der Waals surface area (Å²) in [5.74, 6) is -0.873. The number of amides is 1. The number of benzene rings is 3. The number of ether oxygens (including phenoxy) is 1. The second kappa shape index (κ2) is 11.9. The van der Waals surface area contributed by atoms with Gasteiger partial charge in [-0.15, -0.1) is 0 Å². The van der Waals surface area contributed by atoms with Crippen LogP contribution < -0.4 is 16.8 Å². The zero-order valence-electron chi connectivity index (χ0n) is 21.8. The summed E-state index contributed by atoms with van der Waals surface area (Å²) >= 11 is 0. The summed E-state index contributed by atoms with van der Waals surface area (Å²) in [6, 6.07) is 25.3. The first-order chi connectivity index (χ1) is 18.3. The molecule has 2 atom stereocenters. The van der Waals surface area contributed by atoms with Crippen LogP contribution in [0.5, 0.6) is 0 Å². The molecule has 0 aliphatic rings. The molecule has 0 bridgehead atoms. The molecule has 0 saturated carbocycles. The van der Waals surface area contributed by atoms with Crippen molar-refractivity contribution >= 4 is 17.6 Å². The zero-order valence-corrected chi connectivity index (χ0v) is 21.8.